The fourth-order valence-corrected chi connectivity index (χ4v) is 4.34. The van der Waals surface area contributed by atoms with Crippen LogP contribution in [-0.4, -0.2) is 45.9 Å². The minimum Gasteiger partial charge on any atom is -0.497 e. The third-order valence-corrected chi connectivity index (χ3v) is 6.15. The van der Waals surface area contributed by atoms with Gasteiger partial charge in [-0.15, -0.1) is 0 Å². The molecule has 182 valence electrons. The number of carbonyl (C=O) groups excluding carboxylic acids is 2. The number of rotatable bonds is 9. The molecule has 0 radical (unpaired) electrons. The molecular weight excluding hydrogens is 470 g/mol. The van der Waals surface area contributed by atoms with Gasteiger partial charge in [-0.05, 0) is 73.2 Å². The Morgan fingerprint density at radius 2 is 1.54 bits per heavy atom. The molecule has 0 aliphatic carbocycles. The molecule has 0 saturated heterocycles. The first-order chi connectivity index (χ1) is 16.7. The lowest BCUT2D eigenvalue weighted by Crippen LogP contribution is -2.46. The number of hydrogen-bond acceptors (Lipinski definition) is 7. The van der Waals surface area contributed by atoms with Gasteiger partial charge in [0, 0.05) is 0 Å². The molecule has 0 aromatic heterocycles. The van der Waals surface area contributed by atoms with E-state index in [0.717, 1.165) is 10.6 Å². The molecule has 3 rings (SSSR count). The largest absolute Gasteiger partial charge is 0.497 e. The summed E-state index contributed by atoms with van der Waals surface area (Å²) in [5, 5.41) is 3.91. The minimum atomic E-state index is -3.76. The van der Waals surface area contributed by atoms with Crippen molar-refractivity contribution in [2.24, 2.45) is 5.10 Å². The Kier molecular flexibility index (Phi) is 8.21. The number of hydrogen-bond donors (Lipinski definition) is 1. The minimum absolute atomic E-state index is 0.320. The number of esters is 1. The van der Waals surface area contributed by atoms with Gasteiger partial charge in [-0.2, -0.15) is 5.10 Å². The maximum Gasteiger partial charge on any atom is 0.343 e. The van der Waals surface area contributed by atoms with Gasteiger partial charge >= 0.3 is 5.97 Å². The van der Waals surface area contributed by atoms with E-state index in [0.29, 0.717) is 28.3 Å². The Labute approximate surface area is 204 Å². The number of ether oxygens (including phenoxy) is 2. The smallest absolute Gasteiger partial charge is 0.343 e. The van der Waals surface area contributed by atoms with Gasteiger partial charge in [-0.1, -0.05) is 18.2 Å². The van der Waals surface area contributed by atoms with Gasteiger partial charge in [0.15, 0.2) is 0 Å². The highest BCUT2D eigenvalue weighted by Crippen LogP contribution is 2.23. The Morgan fingerprint density at radius 1 is 0.943 bits per heavy atom. The van der Waals surface area contributed by atoms with Gasteiger partial charge in [-0.25, -0.2) is 18.6 Å². The topological polar surface area (TPSA) is 114 Å². The Balaban J connectivity index is 1.62. The number of nitrogens with zero attached hydrogens (tertiary/aromatic N) is 2. The molecule has 3 aromatic rings. The van der Waals surface area contributed by atoms with Gasteiger partial charge in [0.25, 0.3) is 5.91 Å². The lowest BCUT2D eigenvalue weighted by molar-refractivity contribution is -0.121. The normalized spacial score (nSPS) is 12.1. The third-order valence-electron chi connectivity index (χ3n) is 4.90. The predicted molar refractivity (Wildman–Crippen MR) is 133 cm³/mol. The maximum atomic E-state index is 12.6. The molecule has 0 aliphatic heterocycles. The first kappa shape index (κ1) is 25.4. The van der Waals surface area contributed by atoms with E-state index >= 15 is 0 Å². The quantitative estimate of drug-likeness (QED) is 0.211. The third kappa shape index (κ3) is 6.90. The van der Waals surface area contributed by atoms with Crippen LogP contribution < -0.4 is 19.2 Å². The summed E-state index contributed by atoms with van der Waals surface area (Å²) in [4.78, 5) is 24.7. The van der Waals surface area contributed by atoms with Crippen LogP contribution in [0.1, 0.15) is 22.8 Å². The second-order valence-corrected chi connectivity index (χ2v) is 9.35. The molecule has 0 bridgehead atoms. The van der Waals surface area contributed by atoms with Gasteiger partial charge in [-0.3, -0.25) is 9.10 Å². The van der Waals surface area contributed by atoms with Crippen LogP contribution in [-0.2, 0) is 14.8 Å². The molecule has 3 aromatic carbocycles. The van der Waals surface area contributed by atoms with Crippen molar-refractivity contribution < 1.29 is 27.5 Å². The van der Waals surface area contributed by atoms with Crippen molar-refractivity contribution in [1.29, 1.82) is 0 Å². The lowest BCUT2D eigenvalue weighted by atomic mass is 10.2. The van der Waals surface area contributed by atoms with E-state index in [4.69, 9.17) is 9.47 Å². The van der Waals surface area contributed by atoms with E-state index in [2.05, 4.69) is 10.5 Å². The Bertz CT molecular complexity index is 1290. The van der Waals surface area contributed by atoms with Crippen LogP contribution in [0.5, 0.6) is 11.5 Å². The Morgan fingerprint density at radius 3 is 2.11 bits per heavy atom. The van der Waals surface area contributed by atoms with Crippen LogP contribution in [0.3, 0.4) is 0 Å². The number of benzene rings is 3. The number of methoxy groups -OCH3 is 1. The highest BCUT2D eigenvalue weighted by molar-refractivity contribution is 7.92. The maximum absolute atomic E-state index is 12.6. The van der Waals surface area contributed by atoms with Crippen LogP contribution in [0, 0.1) is 0 Å². The molecule has 0 fully saturated rings. The Hall–Kier alpha value is -4.18. The van der Waals surface area contributed by atoms with Gasteiger partial charge < -0.3 is 9.47 Å². The number of hydrazone groups is 1. The van der Waals surface area contributed by atoms with Crippen molar-refractivity contribution in [1.82, 2.24) is 5.43 Å². The van der Waals surface area contributed by atoms with Crippen LogP contribution >= 0.6 is 0 Å². The van der Waals surface area contributed by atoms with Gasteiger partial charge in [0.05, 0.1) is 30.8 Å². The number of sulfonamides is 1. The van der Waals surface area contributed by atoms with E-state index in [-0.39, 0.29) is 0 Å². The summed E-state index contributed by atoms with van der Waals surface area (Å²) < 4.78 is 36.2. The lowest BCUT2D eigenvalue weighted by Gasteiger charge is -2.27. The molecule has 9 nitrogen and oxygen atoms in total. The van der Waals surface area contributed by atoms with Crippen molar-refractivity contribution in [3.05, 3.63) is 90.0 Å². The molecule has 0 saturated carbocycles. The molecular formula is C25H25N3O6S. The summed E-state index contributed by atoms with van der Waals surface area (Å²) in [5.74, 6) is -0.168. The van der Waals surface area contributed by atoms with Crippen LogP contribution in [0.4, 0.5) is 5.69 Å². The van der Waals surface area contributed by atoms with Crippen molar-refractivity contribution in [2.45, 2.75) is 13.0 Å². The summed E-state index contributed by atoms with van der Waals surface area (Å²) >= 11 is 0. The van der Waals surface area contributed by atoms with Gasteiger partial charge in [0.1, 0.15) is 17.5 Å². The standard InChI is InChI=1S/C25H25N3O6S/c1-18(28(35(3,31)32)21-11-15-22(33-2)16-12-21)24(29)27-26-17-19-9-13-23(14-10-19)34-25(30)20-7-5-4-6-8-20/h4-18H,1-3H3,(H,27,29)/b26-17-/t18-/m0/s1. The number of amides is 1. The van der Waals surface area contributed by atoms with Crippen molar-refractivity contribution >= 4 is 33.8 Å². The van der Waals surface area contributed by atoms with Crippen molar-refractivity contribution in [2.75, 3.05) is 17.7 Å². The average molecular weight is 496 g/mol. The first-order valence-corrected chi connectivity index (χ1v) is 12.4. The summed E-state index contributed by atoms with van der Waals surface area (Å²) in [6.07, 6.45) is 2.42. The highest BCUT2D eigenvalue weighted by atomic mass is 32.2. The second-order valence-electron chi connectivity index (χ2n) is 7.49. The first-order valence-electron chi connectivity index (χ1n) is 10.5. The molecule has 1 amide bonds. The molecule has 0 heterocycles. The monoisotopic (exact) mass is 495 g/mol. The zero-order valence-electron chi connectivity index (χ0n) is 19.4. The summed E-state index contributed by atoms with van der Waals surface area (Å²) in [5.41, 5.74) is 3.75. The number of carbonyl (C=O) groups is 2. The SMILES string of the molecule is COc1ccc(N([C@@H](C)C(=O)N/N=C\c2ccc(OC(=O)c3ccccc3)cc2)S(C)(=O)=O)cc1. The van der Waals surface area contributed by atoms with Crippen LogP contribution in [0.25, 0.3) is 0 Å². The zero-order chi connectivity index (χ0) is 25.4. The average Bonchev–Trinajstić information content (AvgIpc) is 2.85. The molecule has 0 aliphatic rings. The van der Waals surface area contributed by atoms with E-state index in [1.807, 2.05) is 6.07 Å². The predicted octanol–water partition coefficient (Wildman–Crippen LogP) is 3.22. The van der Waals surface area contributed by atoms with Crippen LogP contribution in [0.15, 0.2) is 84.0 Å². The molecule has 1 atom stereocenters. The summed E-state index contributed by atoms with van der Waals surface area (Å²) in [6, 6.07) is 20.4. The number of anilines is 1. The van der Waals surface area contributed by atoms with E-state index in [1.54, 1.807) is 72.8 Å². The molecule has 0 unspecified atom stereocenters. The number of nitrogens with one attached hydrogen (secondary N) is 1. The molecule has 10 heteroatoms. The highest BCUT2D eigenvalue weighted by Gasteiger charge is 2.29. The van der Waals surface area contributed by atoms with Gasteiger partial charge in [0.2, 0.25) is 10.0 Å². The summed E-state index contributed by atoms with van der Waals surface area (Å²) in [7, 11) is -2.25. The van der Waals surface area contributed by atoms with E-state index < -0.39 is 27.9 Å². The van der Waals surface area contributed by atoms with Crippen molar-refractivity contribution in [3.8, 4) is 11.5 Å². The van der Waals surface area contributed by atoms with Crippen LogP contribution in [0.2, 0.25) is 0 Å². The molecule has 35 heavy (non-hydrogen) atoms. The fraction of sp³-hybridized carbons (Fsp3) is 0.160. The summed E-state index contributed by atoms with van der Waals surface area (Å²) in [6.45, 7) is 1.46. The molecule has 1 N–H and O–H groups in total. The van der Waals surface area contributed by atoms with E-state index in [9.17, 15) is 18.0 Å². The second kappa shape index (κ2) is 11.3. The van der Waals surface area contributed by atoms with E-state index in [1.165, 1.54) is 20.2 Å². The molecule has 0 spiro atoms. The van der Waals surface area contributed by atoms with Crippen molar-refractivity contribution in [3.63, 3.8) is 0 Å². The fourth-order valence-electron chi connectivity index (χ4n) is 3.16. The zero-order valence-corrected chi connectivity index (χ0v) is 20.2.